The van der Waals surface area contributed by atoms with E-state index in [1.165, 1.54) is 26.1 Å². The number of pyridine rings is 1. The summed E-state index contributed by atoms with van der Waals surface area (Å²) in [7, 11) is 0. The fourth-order valence-electron chi connectivity index (χ4n) is 2.09. The third-order valence-corrected chi connectivity index (χ3v) is 3.73. The molecule has 0 saturated carbocycles. The molecule has 12 heteroatoms. The number of halogens is 2. The van der Waals surface area contributed by atoms with Crippen molar-refractivity contribution in [3.05, 3.63) is 43.8 Å². The van der Waals surface area contributed by atoms with Crippen LogP contribution < -0.4 is 5.32 Å². The zero-order valence-electron chi connectivity index (χ0n) is 13.7. The molecule has 0 aliphatic carbocycles. The van der Waals surface area contributed by atoms with Crippen molar-refractivity contribution in [2.75, 3.05) is 11.9 Å². The number of ether oxygens (including phenoxy) is 1. The van der Waals surface area contributed by atoms with Crippen molar-refractivity contribution in [3.63, 3.8) is 0 Å². The van der Waals surface area contributed by atoms with E-state index in [1.54, 1.807) is 0 Å². The first-order valence-electron chi connectivity index (χ1n) is 7.14. The second-order valence-corrected chi connectivity index (χ2v) is 5.97. The number of nitrogens with one attached hydrogen (secondary N) is 1. The van der Waals surface area contributed by atoms with Crippen LogP contribution in [0.1, 0.15) is 11.4 Å². The Morgan fingerprint density at radius 2 is 2.08 bits per heavy atom. The van der Waals surface area contributed by atoms with Gasteiger partial charge in [0.2, 0.25) is 0 Å². The normalized spacial score (nSPS) is 10.5. The molecular weight excluding hydrogens is 389 g/mol. The van der Waals surface area contributed by atoms with Crippen LogP contribution in [-0.2, 0) is 20.9 Å². The van der Waals surface area contributed by atoms with Gasteiger partial charge in [0.05, 0.1) is 15.0 Å². The molecule has 2 aromatic heterocycles. The Hall–Kier alpha value is -2.72. The number of hydrogen-bond donors (Lipinski definition) is 1. The van der Waals surface area contributed by atoms with Crippen molar-refractivity contribution in [1.29, 1.82) is 0 Å². The second kappa shape index (κ2) is 8.11. The summed E-state index contributed by atoms with van der Waals surface area (Å²) in [6, 6.07) is 1.40. The summed E-state index contributed by atoms with van der Waals surface area (Å²) in [6.45, 7) is 1.98. The number of aryl methyl sites for hydroxylation is 1. The fourth-order valence-corrected chi connectivity index (χ4v) is 2.52. The third-order valence-electron chi connectivity index (χ3n) is 3.23. The number of nitro groups is 1. The summed E-state index contributed by atoms with van der Waals surface area (Å²) in [5.74, 6) is -1.36. The maximum Gasteiger partial charge on any atom is 0.328 e. The van der Waals surface area contributed by atoms with E-state index in [0.717, 1.165) is 4.68 Å². The number of aromatic nitrogens is 3. The van der Waals surface area contributed by atoms with E-state index in [9.17, 15) is 19.7 Å². The Labute approximate surface area is 157 Å². The Bertz CT molecular complexity index is 883. The second-order valence-electron chi connectivity index (χ2n) is 5.13. The van der Waals surface area contributed by atoms with Crippen LogP contribution in [0.4, 0.5) is 11.5 Å². The zero-order chi connectivity index (χ0) is 19.4. The van der Waals surface area contributed by atoms with Crippen LogP contribution >= 0.6 is 23.2 Å². The molecule has 0 unspecified atom stereocenters. The Balaban J connectivity index is 1.91. The standard InChI is InChI=1S/C14H13Cl2N5O5/c1-7-13(21(24)25)8(2)20(19-7)5-12(23)26-6-11(22)18-14-10(16)3-9(15)4-17-14/h3-4H,5-6H2,1-2H3,(H,17,18,22). The molecule has 0 bridgehead atoms. The number of amides is 1. The van der Waals surface area contributed by atoms with Gasteiger partial charge in [-0.05, 0) is 19.9 Å². The third kappa shape index (κ3) is 4.67. The molecule has 0 aliphatic heterocycles. The van der Waals surface area contributed by atoms with Crippen LogP contribution in [-0.4, -0.2) is 38.2 Å². The van der Waals surface area contributed by atoms with Crippen LogP contribution in [0, 0.1) is 24.0 Å². The average molecular weight is 402 g/mol. The minimum Gasteiger partial charge on any atom is -0.454 e. The predicted molar refractivity (Wildman–Crippen MR) is 92.2 cm³/mol. The average Bonchev–Trinajstić information content (AvgIpc) is 2.82. The lowest BCUT2D eigenvalue weighted by Gasteiger charge is -2.08. The van der Waals surface area contributed by atoms with E-state index in [4.69, 9.17) is 27.9 Å². The predicted octanol–water partition coefficient (Wildman–Crippen LogP) is 2.29. The highest BCUT2D eigenvalue weighted by atomic mass is 35.5. The maximum absolute atomic E-state index is 11.8. The minimum atomic E-state index is -0.782. The molecule has 0 spiro atoms. The molecule has 138 valence electrons. The number of nitrogens with zero attached hydrogens (tertiary/aromatic N) is 4. The van der Waals surface area contributed by atoms with Gasteiger partial charge in [-0.2, -0.15) is 5.10 Å². The smallest absolute Gasteiger partial charge is 0.328 e. The number of esters is 1. The van der Waals surface area contributed by atoms with Crippen molar-refractivity contribution in [3.8, 4) is 0 Å². The van der Waals surface area contributed by atoms with Crippen LogP contribution in [0.2, 0.25) is 10.0 Å². The van der Waals surface area contributed by atoms with Gasteiger partial charge < -0.3 is 10.1 Å². The first kappa shape index (κ1) is 19.6. The summed E-state index contributed by atoms with van der Waals surface area (Å²) in [4.78, 5) is 37.8. The van der Waals surface area contributed by atoms with E-state index >= 15 is 0 Å². The van der Waals surface area contributed by atoms with Crippen molar-refractivity contribution >= 4 is 46.6 Å². The Kier molecular flexibility index (Phi) is 6.11. The topological polar surface area (TPSA) is 129 Å². The van der Waals surface area contributed by atoms with Gasteiger partial charge >= 0.3 is 11.7 Å². The molecule has 0 atom stereocenters. The Morgan fingerprint density at radius 1 is 1.38 bits per heavy atom. The van der Waals surface area contributed by atoms with Crippen molar-refractivity contribution in [1.82, 2.24) is 14.8 Å². The van der Waals surface area contributed by atoms with Crippen molar-refractivity contribution in [2.24, 2.45) is 0 Å². The van der Waals surface area contributed by atoms with E-state index in [0.29, 0.717) is 5.02 Å². The molecule has 0 fully saturated rings. The molecule has 2 heterocycles. The van der Waals surface area contributed by atoms with Gasteiger partial charge in [-0.3, -0.25) is 24.4 Å². The number of rotatable bonds is 6. The van der Waals surface area contributed by atoms with Gasteiger partial charge in [0.1, 0.15) is 17.9 Å². The lowest BCUT2D eigenvalue weighted by Crippen LogP contribution is -2.24. The number of anilines is 1. The van der Waals surface area contributed by atoms with Crippen molar-refractivity contribution < 1.29 is 19.2 Å². The van der Waals surface area contributed by atoms with Crippen LogP contribution in [0.15, 0.2) is 12.3 Å². The number of hydrogen-bond acceptors (Lipinski definition) is 7. The first-order chi connectivity index (χ1) is 12.2. The summed E-state index contributed by atoms with van der Waals surface area (Å²) in [6.07, 6.45) is 1.30. The molecule has 0 aromatic carbocycles. The summed E-state index contributed by atoms with van der Waals surface area (Å²) >= 11 is 11.6. The van der Waals surface area contributed by atoms with Crippen LogP contribution in [0.3, 0.4) is 0 Å². The molecule has 1 amide bonds. The van der Waals surface area contributed by atoms with Gasteiger partial charge in [-0.1, -0.05) is 23.2 Å². The molecule has 0 aliphatic rings. The summed E-state index contributed by atoms with van der Waals surface area (Å²) in [5.41, 5.74) is 0.228. The Morgan fingerprint density at radius 3 is 2.65 bits per heavy atom. The molecular formula is C14H13Cl2N5O5. The van der Waals surface area contributed by atoms with Gasteiger partial charge in [0.25, 0.3) is 5.91 Å². The number of carbonyl (C=O) groups is 2. The molecule has 2 aromatic rings. The lowest BCUT2D eigenvalue weighted by atomic mass is 10.3. The molecule has 0 radical (unpaired) electrons. The summed E-state index contributed by atoms with van der Waals surface area (Å²) < 4.78 is 5.97. The van der Waals surface area contributed by atoms with Gasteiger partial charge in [-0.15, -0.1) is 0 Å². The van der Waals surface area contributed by atoms with E-state index in [2.05, 4.69) is 15.4 Å². The highest BCUT2D eigenvalue weighted by Crippen LogP contribution is 2.23. The first-order valence-corrected chi connectivity index (χ1v) is 7.89. The lowest BCUT2D eigenvalue weighted by molar-refractivity contribution is -0.386. The highest BCUT2D eigenvalue weighted by Gasteiger charge is 2.23. The van der Waals surface area contributed by atoms with Crippen LogP contribution in [0.5, 0.6) is 0 Å². The van der Waals surface area contributed by atoms with Gasteiger partial charge in [-0.25, -0.2) is 4.98 Å². The quantitative estimate of drug-likeness (QED) is 0.446. The van der Waals surface area contributed by atoms with Gasteiger partial charge in [0, 0.05) is 6.20 Å². The van der Waals surface area contributed by atoms with Crippen LogP contribution in [0.25, 0.3) is 0 Å². The molecule has 0 saturated heterocycles. The van der Waals surface area contributed by atoms with Gasteiger partial charge in [0.15, 0.2) is 12.4 Å². The van der Waals surface area contributed by atoms with E-state index in [1.807, 2.05) is 0 Å². The molecule has 2 rings (SSSR count). The SMILES string of the molecule is Cc1nn(CC(=O)OCC(=O)Nc2ncc(Cl)cc2Cl)c(C)c1[N+](=O)[O-]. The minimum absolute atomic E-state index is 0.0753. The monoisotopic (exact) mass is 401 g/mol. The maximum atomic E-state index is 11.8. The van der Waals surface area contributed by atoms with E-state index in [-0.39, 0.29) is 34.5 Å². The molecule has 10 nitrogen and oxygen atoms in total. The fraction of sp³-hybridized carbons (Fsp3) is 0.286. The van der Waals surface area contributed by atoms with Crippen molar-refractivity contribution in [2.45, 2.75) is 20.4 Å². The summed E-state index contributed by atoms with van der Waals surface area (Å²) in [5, 5.41) is 17.7. The zero-order valence-corrected chi connectivity index (χ0v) is 15.2. The van der Waals surface area contributed by atoms with E-state index < -0.39 is 23.4 Å². The number of carbonyl (C=O) groups excluding carboxylic acids is 2. The highest BCUT2D eigenvalue weighted by molar-refractivity contribution is 6.36. The largest absolute Gasteiger partial charge is 0.454 e. The molecule has 1 N–H and O–H groups in total. The molecule has 26 heavy (non-hydrogen) atoms.